The van der Waals surface area contributed by atoms with Crippen LogP contribution >= 0.6 is 22.9 Å². The molecule has 0 N–H and O–H groups in total. The smallest absolute Gasteiger partial charge is 0.338 e. The molecule has 0 saturated heterocycles. The van der Waals surface area contributed by atoms with Crippen LogP contribution in [0.3, 0.4) is 0 Å². The molecule has 1 atom stereocenters. The Morgan fingerprint density at radius 1 is 1.10 bits per heavy atom. The maximum atomic E-state index is 14.0. The van der Waals surface area contributed by atoms with E-state index in [1.54, 1.807) is 49.9 Å². The molecule has 9 nitrogen and oxygen atoms in total. The summed E-state index contributed by atoms with van der Waals surface area (Å²) in [4.78, 5) is 32.2. The minimum Gasteiger partial charge on any atom is -0.493 e. The maximum absolute atomic E-state index is 14.0. The molecule has 0 saturated carbocycles. The summed E-state index contributed by atoms with van der Waals surface area (Å²) in [6.45, 7) is 5.49. The van der Waals surface area contributed by atoms with Crippen molar-refractivity contribution in [1.29, 1.82) is 0 Å². The molecule has 0 aliphatic carbocycles. The van der Waals surface area contributed by atoms with Gasteiger partial charge in [0.25, 0.3) is 5.56 Å². The highest BCUT2D eigenvalue weighted by atomic mass is 35.5. The molecule has 2 aromatic heterocycles. The Bertz CT molecular complexity index is 1820. The number of para-hydroxylation sites is 1. The second kappa shape index (κ2) is 11.1. The van der Waals surface area contributed by atoms with Crippen molar-refractivity contribution in [3.05, 3.63) is 101 Å². The number of thiazole rings is 1. The zero-order valence-electron chi connectivity index (χ0n) is 22.6. The van der Waals surface area contributed by atoms with Crippen molar-refractivity contribution in [2.45, 2.75) is 26.8 Å². The van der Waals surface area contributed by atoms with E-state index >= 15 is 0 Å². The fourth-order valence-corrected chi connectivity index (χ4v) is 6.03. The molecule has 2 aromatic carbocycles. The summed E-state index contributed by atoms with van der Waals surface area (Å²) in [5.41, 5.74) is 3.17. The van der Waals surface area contributed by atoms with Crippen molar-refractivity contribution in [3.8, 4) is 17.2 Å². The Morgan fingerprint density at radius 3 is 2.50 bits per heavy atom. The highest BCUT2D eigenvalue weighted by Gasteiger charge is 2.34. The number of allylic oxidation sites excluding steroid dienone is 1. The van der Waals surface area contributed by atoms with Crippen LogP contribution in [0.4, 0.5) is 0 Å². The summed E-state index contributed by atoms with van der Waals surface area (Å²) in [5.74, 6) is 0.453. The quantitative estimate of drug-likeness (QED) is 0.308. The molecule has 0 unspecified atom stereocenters. The number of nitrogens with zero attached hydrogens (tertiary/aromatic N) is 4. The third kappa shape index (κ3) is 4.73. The van der Waals surface area contributed by atoms with Gasteiger partial charge in [-0.1, -0.05) is 47.2 Å². The molecule has 1 aliphatic rings. The topological polar surface area (TPSA) is 96.9 Å². The summed E-state index contributed by atoms with van der Waals surface area (Å²) in [5, 5.41) is 4.97. The fourth-order valence-electron chi connectivity index (χ4n) is 4.68. The maximum Gasteiger partial charge on any atom is 0.338 e. The number of aromatic nitrogens is 3. The van der Waals surface area contributed by atoms with Crippen molar-refractivity contribution in [2.75, 3.05) is 20.8 Å². The Labute approximate surface area is 239 Å². The van der Waals surface area contributed by atoms with E-state index in [0.717, 1.165) is 5.69 Å². The van der Waals surface area contributed by atoms with Crippen LogP contribution in [-0.4, -0.2) is 41.1 Å². The van der Waals surface area contributed by atoms with Gasteiger partial charge in [0.2, 0.25) is 0 Å². The number of carbonyl (C=O) groups is 1. The van der Waals surface area contributed by atoms with Gasteiger partial charge in [0.05, 0.1) is 54.1 Å². The summed E-state index contributed by atoms with van der Waals surface area (Å²) in [6, 6.07) is 14.0. The lowest BCUT2D eigenvalue weighted by Crippen LogP contribution is -2.40. The third-order valence-electron chi connectivity index (χ3n) is 6.56. The molecule has 4 aromatic rings. The third-order valence-corrected chi connectivity index (χ3v) is 7.91. The number of ether oxygens (including phenoxy) is 3. The SMILES string of the molecule is CCOC(=O)C1=C(C)N=c2sc(=Cc3c(C)nn(-c4ccccc4)c3Cl)c(=O)n2[C@H]1c1ccc(OC)c(OC)c1. The van der Waals surface area contributed by atoms with Gasteiger partial charge in [-0.05, 0) is 56.7 Å². The highest BCUT2D eigenvalue weighted by molar-refractivity contribution is 7.07. The number of hydrogen-bond donors (Lipinski definition) is 0. The van der Waals surface area contributed by atoms with Gasteiger partial charge >= 0.3 is 5.97 Å². The van der Waals surface area contributed by atoms with E-state index in [-0.39, 0.29) is 17.7 Å². The first kappa shape index (κ1) is 27.4. The number of rotatable bonds is 7. The Hall–Kier alpha value is -4.15. The van der Waals surface area contributed by atoms with Crippen LogP contribution in [0, 0.1) is 6.92 Å². The molecule has 3 heterocycles. The predicted octanol–water partition coefficient (Wildman–Crippen LogP) is 3.96. The number of aryl methyl sites for hydroxylation is 1. The average Bonchev–Trinajstić information content (AvgIpc) is 3.42. The molecule has 11 heteroatoms. The highest BCUT2D eigenvalue weighted by Crippen LogP contribution is 2.36. The number of benzene rings is 2. The molecular weight excluding hydrogens is 552 g/mol. The summed E-state index contributed by atoms with van der Waals surface area (Å²) in [7, 11) is 3.07. The van der Waals surface area contributed by atoms with Crippen molar-refractivity contribution in [2.24, 2.45) is 4.99 Å². The number of halogens is 1. The molecule has 0 fully saturated rings. The zero-order chi connectivity index (χ0) is 28.6. The molecule has 5 rings (SSSR count). The molecule has 206 valence electrons. The zero-order valence-corrected chi connectivity index (χ0v) is 24.2. The molecule has 1 aliphatic heterocycles. The van der Waals surface area contributed by atoms with Gasteiger partial charge < -0.3 is 14.2 Å². The van der Waals surface area contributed by atoms with Crippen molar-refractivity contribution in [3.63, 3.8) is 0 Å². The van der Waals surface area contributed by atoms with Crippen LogP contribution in [0.25, 0.3) is 11.8 Å². The van der Waals surface area contributed by atoms with Crippen LogP contribution in [0.15, 0.2) is 69.6 Å². The number of esters is 1. The van der Waals surface area contributed by atoms with Crippen LogP contribution < -0.4 is 24.4 Å². The Morgan fingerprint density at radius 2 is 1.82 bits per heavy atom. The largest absolute Gasteiger partial charge is 0.493 e. The molecular formula is C29H27ClN4O5S. The number of fused-ring (bicyclic) bond motifs is 1. The standard InChI is InChI=1S/C29H27ClN4O5S/c1-6-39-28(36)24-17(3)31-29-33(25(24)18-12-13-21(37-4)22(14-18)38-5)27(35)23(40-29)15-20-16(2)32-34(26(20)30)19-10-8-7-9-11-19/h7-15,25H,6H2,1-5H3/t25-/m0/s1. The monoisotopic (exact) mass is 578 g/mol. The van der Waals surface area contributed by atoms with Crippen molar-refractivity contribution >= 4 is 35.0 Å². The minimum absolute atomic E-state index is 0.182. The fraction of sp³-hybridized carbons (Fsp3) is 0.241. The number of methoxy groups -OCH3 is 2. The van der Waals surface area contributed by atoms with Gasteiger partial charge in [0.1, 0.15) is 5.15 Å². The van der Waals surface area contributed by atoms with E-state index in [2.05, 4.69) is 10.1 Å². The second-order valence-electron chi connectivity index (χ2n) is 8.95. The van der Waals surface area contributed by atoms with E-state index in [4.69, 9.17) is 25.8 Å². The molecule has 0 spiro atoms. The van der Waals surface area contributed by atoms with Crippen LogP contribution in [0.5, 0.6) is 11.5 Å². The summed E-state index contributed by atoms with van der Waals surface area (Å²) < 4.78 is 19.8. The van der Waals surface area contributed by atoms with E-state index in [1.807, 2.05) is 37.3 Å². The van der Waals surface area contributed by atoms with Gasteiger partial charge in [0, 0.05) is 5.56 Å². The van der Waals surface area contributed by atoms with Gasteiger partial charge in [0.15, 0.2) is 16.3 Å². The van der Waals surface area contributed by atoms with Gasteiger partial charge in [-0.3, -0.25) is 9.36 Å². The van der Waals surface area contributed by atoms with Crippen LogP contribution in [0.2, 0.25) is 5.15 Å². The molecule has 0 bridgehead atoms. The van der Waals surface area contributed by atoms with Gasteiger partial charge in [-0.2, -0.15) is 5.10 Å². The first-order chi connectivity index (χ1) is 19.3. The molecule has 0 amide bonds. The van der Waals surface area contributed by atoms with Crippen LogP contribution in [0.1, 0.15) is 36.7 Å². The lowest BCUT2D eigenvalue weighted by atomic mass is 9.95. The van der Waals surface area contributed by atoms with Crippen molar-refractivity contribution in [1.82, 2.24) is 14.3 Å². The normalized spacial score (nSPS) is 15.1. The van der Waals surface area contributed by atoms with Gasteiger partial charge in [-0.15, -0.1) is 0 Å². The number of carbonyl (C=O) groups excluding carboxylic acids is 1. The lowest BCUT2D eigenvalue weighted by molar-refractivity contribution is -0.139. The van der Waals surface area contributed by atoms with E-state index in [9.17, 15) is 9.59 Å². The Balaban J connectivity index is 1.72. The van der Waals surface area contributed by atoms with Gasteiger partial charge in [-0.25, -0.2) is 14.5 Å². The van der Waals surface area contributed by atoms with Crippen molar-refractivity contribution < 1.29 is 19.0 Å². The van der Waals surface area contributed by atoms with E-state index in [1.165, 1.54) is 23.0 Å². The first-order valence-electron chi connectivity index (χ1n) is 12.5. The lowest BCUT2D eigenvalue weighted by Gasteiger charge is -2.25. The van der Waals surface area contributed by atoms with E-state index in [0.29, 0.717) is 48.5 Å². The summed E-state index contributed by atoms with van der Waals surface area (Å²) in [6.07, 6.45) is 1.73. The molecule has 0 radical (unpaired) electrons. The molecule has 40 heavy (non-hydrogen) atoms. The summed E-state index contributed by atoms with van der Waals surface area (Å²) >= 11 is 7.97. The minimum atomic E-state index is -0.791. The van der Waals surface area contributed by atoms with E-state index < -0.39 is 12.0 Å². The second-order valence-corrected chi connectivity index (χ2v) is 10.3. The Kier molecular flexibility index (Phi) is 7.64. The van der Waals surface area contributed by atoms with Crippen LogP contribution in [-0.2, 0) is 9.53 Å². The number of hydrogen-bond acceptors (Lipinski definition) is 8. The first-order valence-corrected chi connectivity index (χ1v) is 13.7. The average molecular weight is 579 g/mol. The predicted molar refractivity (Wildman–Crippen MR) is 153 cm³/mol.